The molecule has 3 aromatic heterocycles. The lowest BCUT2D eigenvalue weighted by molar-refractivity contribution is 0.0650. The summed E-state index contributed by atoms with van der Waals surface area (Å²) in [5.41, 5.74) is 4.22. The Morgan fingerprint density at radius 1 is 1.29 bits per heavy atom. The Bertz CT molecular complexity index is 1200. The molecule has 0 aliphatic carbocycles. The van der Waals surface area contributed by atoms with Crippen LogP contribution in [0, 0.1) is 13.8 Å². The van der Waals surface area contributed by atoms with E-state index >= 15 is 0 Å². The first-order chi connectivity index (χ1) is 13.5. The van der Waals surface area contributed by atoms with E-state index in [4.69, 9.17) is 4.42 Å². The van der Waals surface area contributed by atoms with Crippen LogP contribution in [-0.2, 0) is 13.5 Å². The van der Waals surface area contributed by atoms with Crippen LogP contribution in [0.25, 0.3) is 11.1 Å². The Balaban J connectivity index is 1.65. The molecule has 1 aromatic carbocycles. The van der Waals surface area contributed by atoms with E-state index in [-0.39, 0.29) is 11.7 Å². The molecule has 1 atom stereocenters. The lowest BCUT2D eigenvalue weighted by atomic mass is 10.0. The quantitative estimate of drug-likeness (QED) is 0.573. The summed E-state index contributed by atoms with van der Waals surface area (Å²) in [5, 5.41) is 4.20. The Kier molecular flexibility index (Phi) is 3.58. The van der Waals surface area contributed by atoms with Gasteiger partial charge in [-0.15, -0.1) is 0 Å². The number of H-pyrrole nitrogens is 1. The van der Waals surface area contributed by atoms with Crippen molar-refractivity contribution in [2.45, 2.75) is 26.3 Å². The number of nitrogens with one attached hydrogen (secondary N) is 1. The largest absolute Gasteiger partial charge is 0.438 e. The average Bonchev–Trinajstić information content (AvgIpc) is 3.38. The number of rotatable bonds is 2. The van der Waals surface area contributed by atoms with Gasteiger partial charge in [0.1, 0.15) is 11.3 Å². The van der Waals surface area contributed by atoms with Crippen LogP contribution >= 0.6 is 0 Å². The molecular formula is C19H19N7O2. The molecule has 0 radical (unpaired) electrons. The van der Waals surface area contributed by atoms with Crippen LogP contribution in [0.2, 0.25) is 0 Å². The summed E-state index contributed by atoms with van der Waals surface area (Å²) in [7, 11) is 1.72. The third-order valence-electron chi connectivity index (χ3n) is 5.11. The van der Waals surface area contributed by atoms with Gasteiger partial charge in [0, 0.05) is 25.7 Å². The number of amides is 1. The van der Waals surface area contributed by atoms with E-state index in [1.807, 2.05) is 25.1 Å². The molecule has 1 aliphatic heterocycles. The fourth-order valence-electron chi connectivity index (χ4n) is 3.79. The molecule has 0 unspecified atom stereocenters. The smallest absolute Gasteiger partial charge is 0.292 e. The fourth-order valence-corrected chi connectivity index (χ4v) is 3.79. The molecule has 1 aliphatic rings. The molecule has 28 heavy (non-hydrogen) atoms. The van der Waals surface area contributed by atoms with Gasteiger partial charge in [0.15, 0.2) is 11.6 Å². The first-order valence-electron chi connectivity index (χ1n) is 9.09. The zero-order valence-electron chi connectivity index (χ0n) is 15.8. The van der Waals surface area contributed by atoms with Crippen molar-refractivity contribution in [1.29, 1.82) is 0 Å². The Labute approximate surface area is 160 Å². The van der Waals surface area contributed by atoms with E-state index in [0.717, 1.165) is 28.1 Å². The number of hydrogen-bond acceptors (Lipinski definition) is 6. The maximum absolute atomic E-state index is 13.3. The number of aromatic nitrogens is 6. The van der Waals surface area contributed by atoms with Gasteiger partial charge in [0.05, 0.1) is 12.0 Å². The van der Waals surface area contributed by atoms with Crippen molar-refractivity contribution in [1.82, 2.24) is 34.6 Å². The minimum absolute atomic E-state index is 0.222. The van der Waals surface area contributed by atoms with Crippen molar-refractivity contribution in [2.75, 3.05) is 6.54 Å². The summed E-state index contributed by atoms with van der Waals surface area (Å²) in [5.74, 6) is 1.07. The normalized spacial score (nSPS) is 16.5. The van der Waals surface area contributed by atoms with E-state index in [0.29, 0.717) is 24.7 Å². The second kappa shape index (κ2) is 6.01. The zero-order valence-corrected chi connectivity index (χ0v) is 15.8. The van der Waals surface area contributed by atoms with Crippen molar-refractivity contribution in [3.05, 3.63) is 59.0 Å². The summed E-state index contributed by atoms with van der Waals surface area (Å²) in [4.78, 5) is 31.6. The van der Waals surface area contributed by atoms with E-state index in [9.17, 15) is 4.79 Å². The first kappa shape index (κ1) is 16.7. The molecular weight excluding hydrogens is 358 g/mol. The van der Waals surface area contributed by atoms with Gasteiger partial charge >= 0.3 is 0 Å². The number of carbonyl (C=O) groups is 1. The summed E-state index contributed by atoms with van der Waals surface area (Å²) >= 11 is 0. The summed E-state index contributed by atoms with van der Waals surface area (Å²) in [6, 6.07) is 5.30. The van der Waals surface area contributed by atoms with Crippen molar-refractivity contribution >= 4 is 17.0 Å². The summed E-state index contributed by atoms with van der Waals surface area (Å²) in [6.07, 6.45) is 2.32. The molecule has 9 heteroatoms. The standard InChI is InChI=1S/C19H19N7O2/c1-10-5-4-6-13-16(10)28-18(23-13)15-14-12(20-9-21-14)7-8-26(15)19(27)17-22-11(2)24-25(17)3/h4-6,9,15H,7-8H2,1-3H3,(H,20,21)/t15-/m0/s1. The van der Waals surface area contributed by atoms with Crippen LogP contribution in [0.1, 0.15) is 45.3 Å². The molecule has 0 fully saturated rings. The van der Waals surface area contributed by atoms with E-state index in [1.54, 1.807) is 25.2 Å². The Hall–Kier alpha value is -3.49. The van der Waals surface area contributed by atoms with Crippen LogP contribution in [-0.4, -0.2) is 47.1 Å². The van der Waals surface area contributed by atoms with Gasteiger partial charge in [-0.1, -0.05) is 12.1 Å². The van der Waals surface area contributed by atoms with Crippen molar-refractivity contribution in [3.63, 3.8) is 0 Å². The van der Waals surface area contributed by atoms with Crippen molar-refractivity contribution < 1.29 is 9.21 Å². The minimum Gasteiger partial charge on any atom is -0.438 e. The molecule has 1 N–H and O–H groups in total. The number of aromatic amines is 1. The highest BCUT2D eigenvalue weighted by molar-refractivity contribution is 5.91. The molecule has 0 bridgehead atoms. The fraction of sp³-hybridized carbons (Fsp3) is 0.316. The third kappa shape index (κ3) is 2.43. The molecule has 9 nitrogen and oxygen atoms in total. The van der Waals surface area contributed by atoms with Gasteiger partial charge in [-0.05, 0) is 25.5 Å². The monoisotopic (exact) mass is 377 g/mol. The number of hydrogen-bond donors (Lipinski definition) is 1. The van der Waals surface area contributed by atoms with Gasteiger partial charge in [-0.2, -0.15) is 5.10 Å². The number of imidazole rings is 1. The highest BCUT2D eigenvalue weighted by atomic mass is 16.4. The highest BCUT2D eigenvalue weighted by Gasteiger charge is 2.39. The summed E-state index contributed by atoms with van der Waals surface area (Å²) in [6.45, 7) is 4.24. The maximum Gasteiger partial charge on any atom is 0.292 e. The van der Waals surface area contributed by atoms with Gasteiger partial charge < -0.3 is 14.3 Å². The Morgan fingerprint density at radius 3 is 2.89 bits per heavy atom. The molecule has 4 aromatic rings. The van der Waals surface area contributed by atoms with Crippen molar-refractivity contribution in [2.24, 2.45) is 7.05 Å². The Morgan fingerprint density at radius 2 is 2.14 bits per heavy atom. The number of aryl methyl sites for hydroxylation is 3. The first-order valence-corrected chi connectivity index (χ1v) is 9.09. The van der Waals surface area contributed by atoms with E-state index in [1.165, 1.54) is 4.68 Å². The molecule has 4 heterocycles. The van der Waals surface area contributed by atoms with Crippen LogP contribution in [0.3, 0.4) is 0 Å². The van der Waals surface area contributed by atoms with Gasteiger partial charge in [-0.3, -0.25) is 4.79 Å². The third-order valence-corrected chi connectivity index (χ3v) is 5.11. The number of fused-ring (bicyclic) bond motifs is 2. The number of para-hydroxylation sites is 1. The average molecular weight is 377 g/mol. The lowest BCUT2D eigenvalue weighted by Gasteiger charge is -2.32. The second-order valence-corrected chi connectivity index (χ2v) is 7.00. The highest BCUT2D eigenvalue weighted by Crippen LogP contribution is 2.35. The van der Waals surface area contributed by atoms with Crippen LogP contribution in [0.4, 0.5) is 0 Å². The number of nitrogens with zero attached hydrogens (tertiary/aromatic N) is 6. The van der Waals surface area contributed by atoms with Gasteiger partial charge in [-0.25, -0.2) is 19.6 Å². The molecule has 142 valence electrons. The maximum atomic E-state index is 13.3. The van der Waals surface area contributed by atoms with E-state index < -0.39 is 6.04 Å². The van der Waals surface area contributed by atoms with Crippen LogP contribution < -0.4 is 0 Å². The molecule has 1 amide bonds. The number of oxazole rings is 1. The molecule has 5 rings (SSSR count). The molecule has 0 spiro atoms. The number of benzene rings is 1. The minimum atomic E-state index is -0.522. The van der Waals surface area contributed by atoms with Crippen LogP contribution in [0.15, 0.2) is 28.9 Å². The topological polar surface area (TPSA) is 106 Å². The number of carbonyl (C=O) groups excluding carboxylic acids is 1. The second-order valence-electron chi connectivity index (χ2n) is 7.00. The van der Waals surface area contributed by atoms with Crippen LogP contribution in [0.5, 0.6) is 0 Å². The van der Waals surface area contributed by atoms with Crippen molar-refractivity contribution in [3.8, 4) is 0 Å². The molecule has 0 saturated carbocycles. The van der Waals surface area contributed by atoms with E-state index in [2.05, 4.69) is 25.0 Å². The predicted octanol–water partition coefficient (Wildman–Crippen LogP) is 2.08. The predicted molar refractivity (Wildman–Crippen MR) is 99.7 cm³/mol. The zero-order chi connectivity index (χ0) is 19.4. The summed E-state index contributed by atoms with van der Waals surface area (Å²) < 4.78 is 7.62. The van der Waals surface area contributed by atoms with Gasteiger partial charge in [0.2, 0.25) is 11.7 Å². The van der Waals surface area contributed by atoms with Gasteiger partial charge in [0.25, 0.3) is 5.91 Å². The SMILES string of the molecule is Cc1nc(C(=O)N2CCc3[nH]cnc3[C@H]2c2nc3cccc(C)c3o2)n(C)n1. The lowest BCUT2D eigenvalue weighted by Crippen LogP contribution is -2.42. The molecule has 0 saturated heterocycles.